The van der Waals surface area contributed by atoms with Crippen LogP contribution < -0.4 is 0 Å². The second-order valence-electron chi connectivity index (χ2n) is 27.2. The minimum Gasteiger partial charge on any atom is -0.456 e. The maximum Gasteiger partial charge on any atom is 0.135 e. The fourth-order valence-corrected chi connectivity index (χ4v) is 17.2. The fourth-order valence-electron chi connectivity index (χ4n) is 17.2. The minimum absolute atomic E-state index is 0.908. The number of furan rings is 1. The van der Waals surface area contributed by atoms with E-state index in [1.54, 1.807) is 0 Å². The van der Waals surface area contributed by atoms with Crippen LogP contribution in [0.4, 0.5) is 0 Å². The summed E-state index contributed by atoms with van der Waals surface area (Å²) in [5.74, 6) is 0. The average Bonchev–Trinajstić information content (AvgIpc) is 1.37. The molecule has 1 aromatic heterocycles. The highest BCUT2D eigenvalue weighted by Crippen LogP contribution is 2.50. The molecule has 1 nitrogen and oxygen atoms in total. The number of benzene rings is 20. The highest BCUT2D eigenvalue weighted by atomic mass is 16.3. The second kappa shape index (κ2) is 22.7. The molecule has 0 radical (unpaired) electrons. The molecule has 1 heterocycles. The highest BCUT2D eigenvalue weighted by Gasteiger charge is 2.23. The molecule has 466 valence electrons. The standard InChI is InChI=1S/C100H60O/c1-2-19-69-58-74(48-37-61(69)17-1)99-86-28-9-11-30-88(86)100(89-31-12-10-29-87(89)99)90-55-54-79(81-33-16-21-66-43-38-63-18-3-4-22-75(63)96(66)81)91-59-72(50-53-78(90)91)70-49-52-77-73(57-70)47-46-65-20-15-32-76(95(65)77)64-39-44-68(45-40-64)98-84-26-7-5-24-82(84)97(83-25-6-8-27-85(83)98)67-41-35-62(36-42-67)71-51-56-94-92(60-71)80-23-13-14-34-93(80)101-94/h1-60H. The van der Waals surface area contributed by atoms with Gasteiger partial charge in [-0.25, -0.2) is 0 Å². The van der Waals surface area contributed by atoms with Crippen LogP contribution in [0.25, 0.3) is 219 Å². The minimum atomic E-state index is 0.908. The number of fused-ring (bicyclic) bond motifs is 15. The van der Waals surface area contributed by atoms with E-state index < -0.39 is 0 Å². The summed E-state index contributed by atoms with van der Waals surface area (Å²) in [4.78, 5) is 0. The summed E-state index contributed by atoms with van der Waals surface area (Å²) in [5.41, 5.74) is 21.2. The van der Waals surface area contributed by atoms with Gasteiger partial charge in [-0.3, -0.25) is 0 Å². The van der Waals surface area contributed by atoms with Crippen LogP contribution in [-0.2, 0) is 0 Å². The van der Waals surface area contributed by atoms with Gasteiger partial charge in [0.15, 0.2) is 0 Å². The van der Waals surface area contributed by atoms with Gasteiger partial charge in [-0.2, -0.15) is 0 Å². The quantitative estimate of drug-likeness (QED) is 0.109. The summed E-state index contributed by atoms with van der Waals surface area (Å²) in [5, 5.41) is 27.0. The van der Waals surface area contributed by atoms with Crippen molar-refractivity contribution in [3.05, 3.63) is 364 Å². The van der Waals surface area contributed by atoms with E-state index in [1.165, 1.54) is 197 Å². The van der Waals surface area contributed by atoms with Gasteiger partial charge in [0.25, 0.3) is 0 Å². The molecule has 0 aliphatic carbocycles. The Morgan fingerprint density at radius 1 is 0.139 bits per heavy atom. The summed E-state index contributed by atoms with van der Waals surface area (Å²) in [6.45, 7) is 0. The summed E-state index contributed by atoms with van der Waals surface area (Å²) in [6.07, 6.45) is 0. The first kappa shape index (κ1) is 56.9. The summed E-state index contributed by atoms with van der Waals surface area (Å²) >= 11 is 0. The van der Waals surface area contributed by atoms with Gasteiger partial charge in [-0.1, -0.05) is 328 Å². The Kier molecular flexibility index (Phi) is 12.8. The Bertz CT molecular complexity index is 6930. The number of hydrogen-bond donors (Lipinski definition) is 0. The molecule has 0 spiro atoms. The Balaban J connectivity index is 0.679. The van der Waals surface area contributed by atoms with Crippen molar-refractivity contribution in [3.63, 3.8) is 0 Å². The van der Waals surface area contributed by atoms with Crippen LogP contribution in [0, 0.1) is 0 Å². The van der Waals surface area contributed by atoms with Gasteiger partial charge >= 0.3 is 0 Å². The first-order valence-electron chi connectivity index (χ1n) is 35.0. The van der Waals surface area contributed by atoms with E-state index >= 15 is 0 Å². The summed E-state index contributed by atoms with van der Waals surface area (Å²) < 4.78 is 6.18. The van der Waals surface area contributed by atoms with Crippen molar-refractivity contribution < 1.29 is 4.42 Å². The SMILES string of the molecule is c1ccc2cc(-c3c4ccccc4c(-c4ccc(-c5cccc6ccc7ccccc7c56)c5cc(-c6ccc7c(ccc8cccc(-c9ccc(-c%10c%11ccccc%11c(-c%11ccc(-c%12ccc%13oc%14ccccc%14c%13c%12)cc%11)c%11ccccc%10%11)cc9)c87)c6)ccc45)c4ccccc34)ccc2c1. The van der Waals surface area contributed by atoms with Crippen LogP contribution in [0.1, 0.15) is 0 Å². The molecular weight excluding hydrogens is 1220 g/mol. The molecule has 0 fully saturated rings. The molecule has 21 rings (SSSR count). The first-order chi connectivity index (χ1) is 50.1. The van der Waals surface area contributed by atoms with E-state index in [-0.39, 0.29) is 0 Å². The van der Waals surface area contributed by atoms with Crippen LogP contribution >= 0.6 is 0 Å². The zero-order valence-electron chi connectivity index (χ0n) is 55.0. The lowest BCUT2D eigenvalue weighted by molar-refractivity contribution is 0.669. The first-order valence-corrected chi connectivity index (χ1v) is 35.0. The van der Waals surface area contributed by atoms with E-state index in [0.717, 1.165) is 21.9 Å². The van der Waals surface area contributed by atoms with E-state index in [2.05, 4.69) is 352 Å². The molecule has 0 atom stereocenters. The molecule has 0 N–H and O–H groups in total. The third-order valence-electron chi connectivity index (χ3n) is 21.8. The Morgan fingerprint density at radius 2 is 0.515 bits per heavy atom. The Hall–Kier alpha value is -13.2. The molecule has 0 saturated heterocycles. The predicted octanol–water partition coefficient (Wildman–Crippen LogP) is 28.5. The molecule has 1 heteroatoms. The van der Waals surface area contributed by atoms with Crippen molar-refractivity contribution in [2.45, 2.75) is 0 Å². The molecule has 0 aliphatic heterocycles. The van der Waals surface area contributed by atoms with Crippen LogP contribution in [0.3, 0.4) is 0 Å². The van der Waals surface area contributed by atoms with E-state index in [4.69, 9.17) is 4.42 Å². The van der Waals surface area contributed by atoms with E-state index in [9.17, 15) is 0 Å². The van der Waals surface area contributed by atoms with Crippen LogP contribution in [0.5, 0.6) is 0 Å². The Morgan fingerprint density at radius 3 is 1.16 bits per heavy atom. The fraction of sp³-hybridized carbons (Fsp3) is 0. The third kappa shape index (κ3) is 9.04. The van der Waals surface area contributed by atoms with Crippen molar-refractivity contribution in [2.75, 3.05) is 0 Å². The van der Waals surface area contributed by atoms with Crippen LogP contribution in [0.2, 0.25) is 0 Å². The largest absolute Gasteiger partial charge is 0.456 e. The molecule has 101 heavy (non-hydrogen) atoms. The highest BCUT2D eigenvalue weighted by molar-refractivity contribution is 6.27. The monoisotopic (exact) mass is 1280 g/mol. The molecule has 0 amide bonds. The molecule has 0 bridgehead atoms. The van der Waals surface area contributed by atoms with Gasteiger partial charge in [0.05, 0.1) is 0 Å². The zero-order chi connectivity index (χ0) is 66.2. The second-order valence-corrected chi connectivity index (χ2v) is 27.2. The van der Waals surface area contributed by atoms with Gasteiger partial charge in [0.1, 0.15) is 11.2 Å². The van der Waals surface area contributed by atoms with Crippen molar-refractivity contribution in [2.24, 2.45) is 0 Å². The van der Waals surface area contributed by atoms with E-state index in [1.807, 2.05) is 12.1 Å². The maximum absolute atomic E-state index is 6.18. The van der Waals surface area contributed by atoms with Gasteiger partial charge in [0, 0.05) is 10.8 Å². The predicted molar refractivity (Wildman–Crippen MR) is 432 cm³/mol. The van der Waals surface area contributed by atoms with Gasteiger partial charge in [-0.05, 0) is 233 Å². The molecule has 0 aliphatic rings. The van der Waals surface area contributed by atoms with Gasteiger partial charge < -0.3 is 4.42 Å². The van der Waals surface area contributed by atoms with Crippen LogP contribution in [-0.4, -0.2) is 0 Å². The number of hydrogen-bond acceptors (Lipinski definition) is 1. The molecule has 0 unspecified atom stereocenters. The van der Waals surface area contributed by atoms with E-state index in [0.29, 0.717) is 0 Å². The molecule has 20 aromatic carbocycles. The topological polar surface area (TPSA) is 13.1 Å². The molecule has 21 aromatic rings. The lowest BCUT2D eigenvalue weighted by Gasteiger charge is -2.21. The normalized spacial score (nSPS) is 12.0. The summed E-state index contributed by atoms with van der Waals surface area (Å²) in [6, 6.07) is 136. The van der Waals surface area contributed by atoms with Crippen molar-refractivity contribution >= 4 is 130 Å². The van der Waals surface area contributed by atoms with Crippen molar-refractivity contribution in [1.82, 2.24) is 0 Å². The molecular formula is C100H60O. The third-order valence-corrected chi connectivity index (χ3v) is 21.8. The van der Waals surface area contributed by atoms with Crippen molar-refractivity contribution in [3.8, 4) is 89.0 Å². The summed E-state index contributed by atoms with van der Waals surface area (Å²) in [7, 11) is 0. The lowest BCUT2D eigenvalue weighted by Crippen LogP contribution is -1.93. The average molecular weight is 1280 g/mol. The van der Waals surface area contributed by atoms with Gasteiger partial charge in [-0.15, -0.1) is 0 Å². The number of para-hydroxylation sites is 1. The maximum atomic E-state index is 6.18. The molecule has 0 saturated carbocycles. The van der Waals surface area contributed by atoms with Crippen LogP contribution in [0.15, 0.2) is 368 Å². The Labute approximate surface area is 583 Å². The number of rotatable bonds is 8. The smallest absolute Gasteiger partial charge is 0.135 e. The zero-order valence-corrected chi connectivity index (χ0v) is 55.0. The lowest BCUT2D eigenvalue weighted by atomic mass is 9.82. The van der Waals surface area contributed by atoms with Gasteiger partial charge in [0.2, 0.25) is 0 Å². The van der Waals surface area contributed by atoms with Crippen molar-refractivity contribution in [1.29, 1.82) is 0 Å².